The Kier molecular flexibility index (Phi) is 3.88. The van der Waals surface area contributed by atoms with Crippen molar-refractivity contribution in [2.75, 3.05) is 13.2 Å². The molecule has 0 spiro atoms. The number of nitrogens with two attached hydrogens (primary N) is 1. The Morgan fingerprint density at radius 3 is 2.79 bits per heavy atom. The van der Waals surface area contributed by atoms with Gasteiger partial charge in [0.25, 0.3) is 0 Å². The Balaban J connectivity index is 2.58. The summed E-state index contributed by atoms with van der Waals surface area (Å²) in [5.41, 5.74) is 0.490. The molecule has 0 unspecified atom stereocenters. The van der Waals surface area contributed by atoms with Gasteiger partial charge < -0.3 is 9.30 Å². The number of fused-ring (bicyclic) bond motifs is 1. The highest BCUT2D eigenvalue weighted by atomic mass is 32.2. The highest BCUT2D eigenvalue weighted by Crippen LogP contribution is 2.27. The summed E-state index contributed by atoms with van der Waals surface area (Å²) in [5, 5.41) is 5.15. The minimum absolute atomic E-state index is 0.0292. The second-order valence-corrected chi connectivity index (χ2v) is 5.59. The summed E-state index contributed by atoms with van der Waals surface area (Å²) in [6.07, 6.45) is 1.35. The van der Waals surface area contributed by atoms with Crippen molar-refractivity contribution < 1.29 is 17.5 Å². The summed E-state index contributed by atoms with van der Waals surface area (Å²) >= 11 is 0. The second-order valence-electron chi connectivity index (χ2n) is 4.06. The minimum atomic E-state index is -3.96. The van der Waals surface area contributed by atoms with Gasteiger partial charge in [0.05, 0.1) is 17.5 Å². The lowest BCUT2D eigenvalue weighted by Gasteiger charge is -2.04. The zero-order valence-electron chi connectivity index (χ0n) is 10.5. The molecule has 0 radical (unpaired) electrons. The third-order valence-corrected chi connectivity index (χ3v) is 3.73. The number of primary sulfonamides is 1. The molecule has 7 heteroatoms. The molecular formula is C12H15FN2O3S. The van der Waals surface area contributed by atoms with Crippen LogP contribution in [0.1, 0.15) is 6.92 Å². The van der Waals surface area contributed by atoms with Gasteiger partial charge in [0, 0.05) is 19.3 Å². The van der Waals surface area contributed by atoms with Crippen LogP contribution in [0.2, 0.25) is 0 Å². The van der Waals surface area contributed by atoms with Crippen molar-refractivity contribution in [2.45, 2.75) is 18.4 Å². The second kappa shape index (κ2) is 5.28. The maximum atomic E-state index is 13.8. The van der Waals surface area contributed by atoms with E-state index in [-0.39, 0.29) is 10.3 Å². The minimum Gasteiger partial charge on any atom is -0.380 e. The van der Waals surface area contributed by atoms with E-state index in [4.69, 9.17) is 9.88 Å². The number of hydrogen-bond donors (Lipinski definition) is 1. The monoisotopic (exact) mass is 286 g/mol. The molecule has 0 saturated heterocycles. The van der Waals surface area contributed by atoms with Gasteiger partial charge in [-0.25, -0.2) is 17.9 Å². The summed E-state index contributed by atoms with van der Waals surface area (Å²) in [7, 11) is -3.96. The lowest BCUT2D eigenvalue weighted by molar-refractivity contribution is 0.140. The van der Waals surface area contributed by atoms with Crippen molar-refractivity contribution in [1.82, 2.24) is 4.57 Å². The third kappa shape index (κ3) is 2.78. The number of hydrogen-bond acceptors (Lipinski definition) is 3. The molecule has 0 fully saturated rings. The molecule has 2 rings (SSSR count). The molecule has 0 bridgehead atoms. The average molecular weight is 286 g/mol. The van der Waals surface area contributed by atoms with Crippen LogP contribution in [0.25, 0.3) is 10.9 Å². The molecule has 1 aromatic heterocycles. The van der Waals surface area contributed by atoms with E-state index in [1.54, 1.807) is 10.6 Å². The first-order valence-corrected chi connectivity index (χ1v) is 7.37. The molecule has 1 heterocycles. The van der Waals surface area contributed by atoms with Crippen LogP contribution in [0.15, 0.2) is 29.3 Å². The van der Waals surface area contributed by atoms with Crippen molar-refractivity contribution in [3.05, 3.63) is 30.2 Å². The molecule has 0 atom stereocenters. The average Bonchev–Trinajstić information content (AvgIpc) is 2.70. The molecule has 2 aromatic rings. The zero-order chi connectivity index (χ0) is 14.0. The zero-order valence-corrected chi connectivity index (χ0v) is 11.3. The number of sulfonamides is 1. The van der Waals surface area contributed by atoms with Crippen molar-refractivity contribution in [2.24, 2.45) is 5.14 Å². The number of aromatic nitrogens is 1. The van der Waals surface area contributed by atoms with E-state index in [1.807, 2.05) is 6.92 Å². The summed E-state index contributed by atoms with van der Waals surface area (Å²) in [6, 6.07) is 4.39. The lowest BCUT2D eigenvalue weighted by Crippen LogP contribution is -2.12. The van der Waals surface area contributed by atoms with Gasteiger partial charge in [-0.15, -0.1) is 0 Å². The van der Waals surface area contributed by atoms with Crippen LogP contribution in [0.3, 0.4) is 0 Å². The fraction of sp³-hybridized carbons (Fsp3) is 0.333. The Morgan fingerprint density at radius 1 is 1.42 bits per heavy atom. The fourth-order valence-electron chi connectivity index (χ4n) is 1.98. The van der Waals surface area contributed by atoms with Gasteiger partial charge in [-0.2, -0.15) is 0 Å². The van der Waals surface area contributed by atoms with Gasteiger partial charge in [0.15, 0.2) is 0 Å². The number of benzene rings is 1. The Bertz CT molecular complexity index is 694. The molecule has 0 aliphatic carbocycles. The normalized spacial score (nSPS) is 12.2. The van der Waals surface area contributed by atoms with E-state index >= 15 is 0 Å². The summed E-state index contributed by atoms with van der Waals surface area (Å²) in [5.74, 6) is -0.600. The first kappa shape index (κ1) is 14.0. The van der Waals surface area contributed by atoms with Crippen LogP contribution in [-0.4, -0.2) is 26.2 Å². The van der Waals surface area contributed by atoms with Gasteiger partial charge in [-0.05, 0) is 19.1 Å². The van der Waals surface area contributed by atoms with E-state index in [2.05, 4.69) is 0 Å². The van der Waals surface area contributed by atoms with Crippen LogP contribution in [0.4, 0.5) is 4.39 Å². The van der Waals surface area contributed by atoms with Crippen LogP contribution in [0, 0.1) is 5.82 Å². The summed E-state index contributed by atoms with van der Waals surface area (Å²) < 4.78 is 43.7. The Morgan fingerprint density at radius 2 is 2.16 bits per heavy atom. The van der Waals surface area contributed by atoms with E-state index in [1.165, 1.54) is 18.3 Å². The summed E-state index contributed by atoms with van der Waals surface area (Å²) in [4.78, 5) is -0.197. The maximum Gasteiger partial charge on any atom is 0.240 e. The molecule has 0 saturated carbocycles. The summed E-state index contributed by atoms with van der Waals surface area (Å²) in [6.45, 7) is 3.28. The Labute approximate surface area is 110 Å². The lowest BCUT2D eigenvalue weighted by atomic mass is 10.2. The van der Waals surface area contributed by atoms with Crippen LogP contribution in [0.5, 0.6) is 0 Å². The van der Waals surface area contributed by atoms with Crippen LogP contribution < -0.4 is 5.14 Å². The van der Waals surface area contributed by atoms with Crippen molar-refractivity contribution >= 4 is 20.9 Å². The number of halogens is 1. The molecule has 1 aromatic carbocycles. The third-order valence-electron chi connectivity index (χ3n) is 2.81. The fourth-order valence-corrected chi connectivity index (χ4v) is 2.74. The highest BCUT2D eigenvalue weighted by Gasteiger charge is 2.20. The van der Waals surface area contributed by atoms with Gasteiger partial charge >= 0.3 is 0 Å². The smallest absolute Gasteiger partial charge is 0.240 e. The topological polar surface area (TPSA) is 74.3 Å². The quantitative estimate of drug-likeness (QED) is 0.846. The van der Waals surface area contributed by atoms with Crippen LogP contribution >= 0.6 is 0 Å². The predicted molar refractivity (Wildman–Crippen MR) is 69.8 cm³/mol. The number of ether oxygens (including phenoxy) is 1. The maximum absolute atomic E-state index is 13.8. The molecule has 104 valence electrons. The van der Waals surface area contributed by atoms with Gasteiger partial charge in [-0.3, -0.25) is 0 Å². The molecule has 0 aliphatic heterocycles. The largest absolute Gasteiger partial charge is 0.380 e. The SMILES string of the molecule is CCOCCn1cc(S(N)(=O)=O)c2c(F)cccc21. The van der Waals surface area contributed by atoms with Gasteiger partial charge in [0.1, 0.15) is 10.7 Å². The standard InChI is InChI=1S/C12H15FN2O3S/c1-2-18-7-6-15-8-11(19(14,16)17)12-9(13)4-3-5-10(12)15/h3-5,8H,2,6-7H2,1H3,(H2,14,16,17). The van der Waals surface area contributed by atoms with Crippen LogP contribution in [-0.2, 0) is 21.3 Å². The van der Waals surface area contributed by atoms with E-state index in [0.29, 0.717) is 25.3 Å². The van der Waals surface area contributed by atoms with E-state index in [0.717, 1.165) is 0 Å². The van der Waals surface area contributed by atoms with Crippen molar-refractivity contribution in [1.29, 1.82) is 0 Å². The van der Waals surface area contributed by atoms with Crippen molar-refractivity contribution in [3.63, 3.8) is 0 Å². The number of rotatable bonds is 5. The molecule has 5 nitrogen and oxygen atoms in total. The molecular weight excluding hydrogens is 271 g/mol. The molecule has 19 heavy (non-hydrogen) atoms. The van der Waals surface area contributed by atoms with Gasteiger partial charge in [0.2, 0.25) is 10.0 Å². The molecule has 0 aliphatic rings. The molecule has 0 amide bonds. The highest BCUT2D eigenvalue weighted by molar-refractivity contribution is 7.89. The van der Waals surface area contributed by atoms with E-state index < -0.39 is 15.8 Å². The first-order valence-electron chi connectivity index (χ1n) is 5.83. The Hall–Kier alpha value is -1.44. The van der Waals surface area contributed by atoms with Gasteiger partial charge in [-0.1, -0.05) is 6.07 Å². The van der Waals surface area contributed by atoms with E-state index in [9.17, 15) is 12.8 Å². The number of nitrogens with zero attached hydrogens (tertiary/aromatic N) is 1. The van der Waals surface area contributed by atoms with Crippen molar-refractivity contribution in [3.8, 4) is 0 Å². The molecule has 2 N–H and O–H groups in total. The predicted octanol–water partition coefficient (Wildman–Crippen LogP) is 1.46. The first-order chi connectivity index (χ1) is 8.95.